The van der Waals surface area contributed by atoms with E-state index in [1.165, 1.54) is 12.8 Å². The highest BCUT2D eigenvalue weighted by molar-refractivity contribution is 5.87. The third-order valence-electron chi connectivity index (χ3n) is 4.16. The largest absolute Gasteiger partial charge is 0.481 e. The van der Waals surface area contributed by atoms with Crippen molar-refractivity contribution in [3.05, 3.63) is 36.0 Å². The monoisotopic (exact) mass is 287 g/mol. The van der Waals surface area contributed by atoms with Gasteiger partial charge in [0, 0.05) is 30.3 Å². The van der Waals surface area contributed by atoms with E-state index in [0.29, 0.717) is 6.10 Å². The fourth-order valence-corrected chi connectivity index (χ4v) is 3.17. The zero-order valence-corrected chi connectivity index (χ0v) is 12.1. The van der Waals surface area contributed by atoms with Crippen LogP contribution in [0.1, 0.15) is 31.2 Å². The van der Waals surface area contributed by atoms with Crippen LogP contribution in [0.5, 0.6) is 0 Å². The Morgan fingerprint density at radius 3 is 3.00 bits per heavy atom. The van der Waals surface area contributed by atoms with Crippen molar-refractivity contribution in [2.24, 2.45) is 0 Å². The second-order valence-electron chi connectivity index (χ2n) is 5.71. The minimum absolute atomic E-state index is 0.0826. The van der Waals surface area contributed by atoms with Crippen molar-refractivity contribution in [2.75, 3.05) is 6.61 Å². The van der Waals surface area contributed by atoms with Gasteiger partial charge in [0.15, 0.2) is 0 Å². The van der Waals surface area contributed by atoms with Crippen molar-refractivity contribution in [1.82, 2.24) is 4.57 Å². The molecule has 0 spiro atoms. The molecule has 0 aliphatic carbocycles. The summed E-state index contributed by atoms with van der Waals surface area (Å²) in [5, 5.41) is 10.1. The van der Waals surface area contributed by atoms with E-state index in [4.69, 9.17) is 9.84 Å². The molecule has 1 aromatic heterocycles. The molecule has 1 fully saturated rings. The number of carboxylic acids is 1. The first-order valence-electron chi connectivity index (χ1n) is 7.64. The van der Waals surface area contributed by atoms with Gasteiger partial charge in [-0.2, -0.15) is 0 Å². The Morgan fingerprint density at radius 2 is 2.24 bits per heavy atom. The van der Waals surface area contributed by atoms with E-state index in [2.05, 4.69) is 10.6 Å². The number of aryl methyl sites for hydroxylation is 1. The zero-order chi connectivity index (χ0) is 14.7. The Morgan fingerprint density at radius 1 is 1.38 bits per heavy atom. The Balaban J connectivity index is 1.73. The summed E-state index contributed by atoms with van der Waals surface area (Å²) >= 11 is 0. The van der Waals surface area contributed by atoms with Gasteiger partial charge in [0.05, 0.1) is 12.5 Å². The van der Waals surface area contributed by atoms with Crippen LogP contribution in [0.2, 0.25) is 0 Å². The number of carbonyl (C=O) groups is 1. The van der Waals surface area contributed by atoms with Crippen molar-refractivity contribution < 1.29 is 14.6 Å². The molecule has 4 heteroatoms. The van der Waals surface area contributed by atoms with Crippen molar-refractivity contribution in [1.29, 1.82) is 0 Å². The third-order valence-corrected chi connectivity index (χ3v) is 4.16. The molecule has 21 heavy (non-hydrogen) atoms. The highest BCUT2D eigenvalue weighted by Gasteiger charge is 2.15. The van der Waals surface area contributed by atoms with Gasteiger partial charge in [0.25, 0.3) is 0 Å². The van der Waals surface area contributed by atoms with E-state index in [1.54, 1.807) is 0 Å². The minimum Gasteiger partial charge on any atom is -0.481 e. The van der Waals surface area contributed by atoms with Gasteiger partial charge in [-0.3, -0.25) is 4.79 Å². The quantitative estimate of drug-likeness (QED) is 0.887. The number of hydrogen-bond donors (Lipinski definition) is 1. The number of para-hydroxylation sites is 1. The minimum atomic E-state index is -0.780. The number of benzene rings is 1. The molecule has 2 aromatic rings. The molecular weight excluding hydrogens is 266 g/mol. The van der Waals surface area contributed by atoms with Gasteiger partial charge in [-0.15, -0.1) is 0 Å². The van der Waals surface area contributed by atoms with Gasteiger partial charge in [-0.05, 0) is 37.3 Å². The van der Waals surface area contributed by atoms with Gasteiger partial charge in [0.1, 0.15) is 0 Å². The highest BCUT2D eigenvalue weighted by Crippen LogP contribution is 2.23. The molecule has 1 N–H and O–H groups in total. The molecule has 112 valence electrons. The molecule has 3 rings (SSSR count). The summed E-state index contributed by atoms with van der Waals surface area (Å²) in [7, 11) is 0. The number of hydrogen-bond acceptors (Lipinski definition) is 2. The summed E-state index contributed by atoms with van der Waals surface area (Å²) in [6, 6.07) is 8.03. The van der Waals surface area contributed by atoms with Crippen LogP contribution in [0.25, 0.3) is 10.9 Å². The predicted molar refractivity (Wildman–Crippen MR) is 81.5 cm³/mol. The van der Waals surface area contributed by atoms with Gasteiger partial charge >= 0.3 is 5.97 Å². The lowest BCUT2D eigenvalue weighted by Crippen LogP contribution is -2.06. The first kappa shape index (κ1) is 14.1. The van der Waals surface area contributed by atoms with Gasteiger partial charge in [-0.1, -0.05) is 18.2 Å². The molecule has 0 radical (unpaired) electrons. The number of nitrogens with zero attached hydrogens (tertiary/aromatic N) is 1. The molecule has 4 nitrogen and oxygen atoms in total. The summed E-state index contributed by atoms with van der Waals surface area (Å²) in [6.45, 7) is 1.82. The van der Waals surface area contributed by atoms with Crippen LogP contribution in [0, 0.1) is 0 Å². The molecule has 0 amide bonds. The van der Waals surface area contributed by atoms with E-state index in [1.807, 2.05) is 24.4 Å². The van der Waals surface area contributed by atoms with E-state index >= 15 is 0 Å². The van der Waals surface area contributed by atoms with Crippen molar-refractivity contribution in [2.45, 2.75) is 44.8 Å². The van der Waals surface area contributed by atoms with E-state index in [-0.39, 0.29) is 6.42 Å². The van der Waals surface area contributed by atoms with Crippen LogP contribution < -0.4 is 0 Å². The molecule has 0 bridgehead atoms. The normalized spacial score (nSPS) is 18.4. The van der Waals surface area contributed by atoms with Crippen LogP contribution in [0.3, 0.4) is 0 Å². The Kier molecular flexibility index (Phi) is 4.25. The van der Waals surface area contributed by atoms with Gasteiger partial charge in [-0.25, -0.2) is 0 Å². The maximum Gasteiger partial charge on any atom is 0.307 e. The molecule has 1 atom stereocenters. The predicted octanol–water partition coefficient (Wildman–Crippen LogP) is 3.23. The second-order valence-corrected chi connectivity index (χ2v) is 5.71. The lowest BCUT2D eigenvalue weighted by atomic mass is 10.1. The fraction of sp³-hybridized carbons (Fsp3) is 0.471. The Hall–Kier alpha value is -1.81. The van der Waals surface area contributed by atoms with Gasteiger partial charge in [0.2, 0.25) is 0 Å². The van der Waals surface area contributed by atoms with Crippen molar-refractivity contribution in [3.8, 4) is 0 Å². The molecule has 1 unspecified atom stereocenters. The number of aliphatic carboxylic acids is 1. The van der Waals surface area contributed by atoms with Crippen molar-refractivity contribution in [3.63, 3.8) is 0 Å². The standard InChI is InChI=1S/C17H21NO3/c19-17(20)11-13-12-18(16-8-2-1-7-15(13)16)9-3-5-14-6-4-10-21-14/h1-2,7-8,12,14H,3-6,9-11H2,(H,19,20). The molecule has 1 saturated heterocycles. The van der Waals surface area contributed by atoms with Crippen LogP contribution in [-0.2, 0) is 22.5 Å². The van der Waals surface area contributed by atoms with Crippen LogP contribution in [0.4, 0.5) is 0 Å². The highest BCUT2D eigenvalue weighted by atomic mass is 16.5. The molecule has 2 heterocycles. The Bertz CT molecular complexity index is 626. The number of ether oxygens (including phenoxy) is 1. The smallest absolute Gasteiger partial charge is 0.307 e. The van der Waals surface area contributed by atoms with Crippen LogP contribution in [-0.4, -0.2) is 28.4 Å². The lowest BCUT2D eigenvalue weighted by molar-refractivity contribution is -0.136. The van der Waals surface area contributed by atoms with Crippen LogP contribution >= 0.6 is 0 Å². The average Bonchev–Trinajstić information content (AvgIpc) is 3.08. The second kappa shape index (κ2) is 6.31. The summed E-state index contributed by atoms with van der Waals surface area (Å²) in [4.78, 5) is 11.0. The summed E-state index contributed by atoms with van der Waals surface area (Å²) in [5.41, 5.74) is 2.02. The maximum absolute atomic E-state index is 11.0. The fourth-order valence-electron chi connectivity index (χ4n) is 3.17. The van der Waals surface area contributed by atoms with E-state index in [9.17, 15) is 4.79 Å². The van der Waals surface area contributed by atoms with E-state index in [0.717, 1.165) is 42.5 Å². The molecule has 1 aliphatic rings. The zero-order valence-electron chi connectivity index (χ0n) is 12.1. The van der Waals surface area contributed by atoms with E-state index < -0.39 is 5.97 Å². The van der Waals surface area contributed by atoms with Gasteiger partial charge < -0.3 is 14.4 Å². The topological polar surface area (TPSA) is 51.5 Å². The first-order valence-corrected chi connectivity index (χ1v) is 7.64. The average molecular weight is 287 g/mol. The SMILES string of the molecule is O=C(O)Cc1cn(CCCC2CCCO2)c2ccccc12. The first-order chi connectivity index (χ1) is 10.2. The number of rotatable bonds is 6. The summed E-state index contributed by atoms with van der Waals surface area (Å²) < 4.78 is 7.83. The third kappa shape index (κ3) is 3.27. The molecule has 1 aliphatic heterocycles. The molecular formula is C17H21NO3. The van der Waals surface area contributed by atoms with Crippen molar-refractivity contribution >= 4 is 16.9 Å². The lowest BCUT2D eigenvalue weighted by Gasteiger charge is -2.10. The molecule has 1 aromatic carbocycles. The van der Waals surface area contributed by atoms with Crippen LogP contribution in [0.15, 0.2) is 30.5 Å². The maximum atomic E-state index is 11.0. The Labute approximate surface area is 124 Å². The number of fused-ring (bicyclic) bond motifs is 1. The summed E-state index contributed by atoms with van der Waals surface area (Å²) in [6.07, 6.45) is 7.01. The summed E-state index contributed by atoms with van der Waals surface area (Å²) in [5.74, 6) is -0.780. The number of aromatic nitrogens is 1. The number of carboxylic acid groups (broad SMARTS) is 1. The molecule has 0 saturated carbocycles.